The van der Waals surface area contributed by atoms with Gasteiger partial charge in [-0.25, -0.2) is 9.59 Å². The average Bonchev–Trinajstić information content (AvgIpc) is 2.68. The lowest BCUT2D eigenvalue weighted by Crippen LogP contribution is -2.43. The van der Waals surface area contributed by atoms with Crippen LogP contribution in [0.3, 0.4) is 0 Å². The summed E-state index contributed by atoms with van der Waals surface area (Å²) in [5.74, 6) is -0.918. The minimum Gasteiger partial charge on any atom is -0.480 e. The molecule has 5 heteroatoms. The summed E-state index contributed by atoms with van der Waals surface area (Å²) in [4.78, 5) is 25.1. The Bertz CT molecular complexity index is 393. The average molecular weight is 283 g/mol. The molecular formula is C15H25NO4. The van der Waals surface area contributed by atoms with E-state index in [1.165, 1.54) is 11.3 Å². The van der Waals surface area contributed by atoms with E-state index < -0.39 is 23.7 Å². The minimum absolute atomic E-state index is 0.00177. The van der Waals surface area contributed by atoms with Crippen LogP contribution in [0.2, 0.25) is 0 Å². The molecule has 0 aromatic rings. The number of amides is 1. The topological polar surface area (TPSA) is 66.8 Å². The summed E-state index contributed by atoms with van der Waals surface area (Å²) >= 11 is 0. The van der Waals surface area contributed by atoms with E-state index in [0.717, 1.165) is 25.7 Å². The number of carbonyl (C=O) groups is 2. The highest BCUT2D eigenvalue weighted by Gasteiger charge is 2.49. The normalized spacial score (nSPS) is 25.8. The van der Waals surface area contributed by atoms with Gasteiger partial charge in [0.1, 0.15) is 11.6 Å². The molecule has 0 aromatic carbocycles. The predicted octanol–water partition coefficient (Wildman–Crippen LogP) is 3.03. The molecule has 1 aliphatic heterocycles. The van der Waals surface area contributed by atoms with Crippen LogP contribution in [0.5, 0.6) is 0 Å². The maximum Gasteiger partial charge on any atom is 0.411 e. The summed E-state index contributed by atoms with van der Waals surface area (Å²) in [6.07, 6.45) is 5.61. The molecule has 1 amide bonds. The summed E-state index contributed by atoms with van der Waals surface area (Å²) in [5.41, 5.74) is -0.597. The highest BCUT2D eigenvalue weighted by molar-refractivity contribution is 5.81. The molecule has 1 saturated carbocycles. The lowest BCUT2D eigenvalue weighted by Gasteiger charge is -2.33. The lowest BCUT2D eigenvalue weighted by molar-refractivity contribution is -0.142. The van der Waals surface area contributed by atoms with Crippen LogP contribution in [-0.4, -0.2) is 40.3 Å². The van der Waals surface area contributed by atoms with Crippen LogP contribution in [0.25, 0.3) is 0 Å². The smallest absolute Gasteiger partial charge is 0.411 e. The van der Waals surface area contributed by atoms with E-state index in [1.807, 2.05) is 0 Å². The second-order valence-electron chi connectivity index (χ2n) is 7.23. The molecule has 2 rings (SSSR count). The quantitative estimate of drug-likeness (QED) is 0.803. The Morgan fingerprint density at radius 3 is 2.30 bits per heavy atom. The van der Waals surface area contributed by atoms with Crippen LogP contribution in [0, 0.1) is 5.41 Å². The van der Waals surface area contributed by atoms with Crippen molar-refractivity contribution in [1.82, 2.24) is 4.90 Å². The third kappa shape index (κ3) is 3.25. The van der Waals surface area contributed by atoms with Crippen molar-refractivity contribution < 1.29 is 19.4 Å². The number of carboxylic acids is 1. The van der Waals surface area contributed by atoms with Crippen LogP contribution in [0.15, 0.2) is 0 Å². The first-order valence-corrected chi connectivity index (χ1v) is 7.45. The zero-order valence-corrected chi connectivity index (χ0v) is 12.6. The predicted molar refractivity (Wildman–Crippen MR) is 74.5 cm³/mol. The fourth-order valence-corrected chi connectivity index (χ4v) is 3.45. The number of carboxylic acid groups (broad SMARTS) is 1. The summed E-state index contributed by atoms with van der Waals surface area (Å²) in [7, 11) is 0. The number of carbonyl (C=O) groups excluding carboxylic acids is 1. The van der Waals surface area contributed by atoms with Gasteiger partial charge in [0.15, 0.2) is 0 Å². The van der Waals surface area contributed by atoms with Gasteiger partial charge in [0.05, 0.1) is 0 Å². The summed E-state index contributed by atoms with van der Waals surface area (Å²) in [5, 5.41) is 9.40. The largest absolute Gasteiger partial charge is 0.480 e. The van der Waals surface area contributed by atoms with Gasteiger partial charge in [-0.1, -0.05) is 19.3 Å². The molecule has 0 radical (unpaired) electrons. The molecule has 2 fully saturated rings. The summed E-state index contributed by atoms with van der Waals surface area (Å²) < 4.78 is 5.36. The van der Waals surface area contributed by atoms with Crippen LogP contribution in [0.1, 0.15) is 59.3 Å². The van der Waals surface area contributed by atoms with Gasteiger partial charge in [0, 0.05) is 6.54 Å². The number of rotatable bonds is 1. The fourth-order valence-electron chi connectivity index (χ4n) is 3.45. The Labute approximate surface area is 120 Å². The molecule has 1 N–H and O–H groups in total. The van der Waals surface area contributed by atoms with E-state index in [-0.39, 0.29) is 5.41 Å². The van der Waals surface area contributed by atoms with Crippen molar-refractivity contribution in [3.8, 4) is 0 Å². The number of hydrogen-bond acceptors (Lipinski definition) is 3. The molecule has 0 aromatic heterocycles. The van der Waals surface area contributed by atoms with E-state index >= 15 is 0 Å². The molecule has 20 heavy (non-hydrogen) atoms. The van der Waals surface area contributed by atoms with Crippen LogP contribution >= 0.6 is 0 Å². The van der Waals surface area contributed by atoms with Gasteiger partial charge >= 0.3 is 12.1 Å². The molecule has 2 aliphatic rings. The molecule has 0 bridgehead atoms. The first-order chi connectivity index (χ1) is 9.22. The van der Waals surface area contributed by atoms with Gasteiger partial charge in [0.2, 0.25) is 0 Å². The van der Waals surface area contributed by atoms with Crippen molar-refractivity contribution in [1.29, 1.82) is 0 Å². The fraction of sp³-hybridized carbons (Fsp3) is 0.867. The zero-order chi connectivity index (χ0) is 15.0. The van der Waals surface area contributed by atoms with E-state index in [4.69, 9.17) is 4.74 Å². The number of nitrogens with zero attached hydrogens (tertiary/aromatic N) is 1. The number of aliphatic carboxylic acids is 1. The number of likely N-dealkylation sites (tertiary alicyclic amines) is 1. The Morgan fingerprint density at radius 1 is 1.20 bits per heavy atom. The van der Waals surface area contributed by atoms with Crippen molar-refractivity contribution in [2.75, 3.05) is 6.54 Å². The zero-order valence-electron chi connectivity index (χ0n) is 12.6. The molecule has 1 heterocycles. The molecule has 1 aliphatic carbocycles. The lowest BCUT2D eigenvalue weighted by atomic mass is 9.73. The van der Waals surface area contributed by atoms with E-state index in [1.54, 1.807) is 20.8 Å². The van der Waals surface area contributed by atoms with Crippen LogP contribution in [-0.2, 0) is 9.53 Å². The maximum atomic E-state index is 12.2. The number of hydrogen-bond donors (Lipinski definition) is 1. The molecule has 0 unspecified atom stereocenters. The Balaban J connectivity index is 2.13. The highest BCUT2D eigenvalue weighted by atomic mass is 16.6. The first kappa shape index (κ1) is 15.1. The van der Waals surface area contributed by atoms with Crippen LogP contribution < -0.4 is 0 Å². The van der Waals surface area contributed by atoms with Gasteiger partial charge in [-0.15, -0.1) is 0 Å². The standard InChI is InChI=1S/C15H25NO4/c1-14(2,3)20-13(19)16-10-15(7-5-4-6-8-15)9-11(16)12(17)18/h11H,4-10H2,1-3H3,(H,17,18)/t11-/m1/s1. The first-order valence-electron chi connectivity index (χ1n) is 7.45. The van der Waals surface area contributed by atoms with Gasteiger partial charge in [-0.05, 0) is 45.4 Å². The second kappa shape index (κ2) is 5.26. The third-order valence-corrected chi connectivity index (χ3v) is 4.34. The molecule has 1 spiro atoms. The molecule has 114 valence electrons. The van der Waals surface area contributed by atoms with Gasteiger partial charge < -0.3 is 9.84 Å². The molecular weight excluding hydrogens is 258 g/mol. The van der Waals surface area contributed by atoms with Crippen molar-refractivity contribution in [3.63, 3.8) is 0 Å². The monoisotopic (exact) mass is 283 g/mol. The van der Waals surface area contributed by atoms with E-state index in [0.29, 0.717) is 13.0 Å². The summed E-state index contributed by atoms with van der Waals surface area (Å²) in [6, 6.07) is -0.733. The maximum absolute atomic E-state index is 12.2. The van der Waals surface area contributed by atoms with E-state index in [9.17, 15) is 14.7 Å². The van der Waals surface area contributed by atoms with Crippen molar-refractivity contribution >= 4 is 12.1 Å². The second-order valence-corrected chi connectivity index (χ2v) is 7.23. The highest BCUT2D eigenvalue weighted by Crippen LogP contribution is 2.46. The van der Waals surface area contributed by atoms with Crippen LogP contribution in [0.4, 0.5) is 4.79 Å². The van der Waals surface area contributed by atoms with Crippen molar-refractivity contribution in [2.24, 2.45) is 5.41 Å². The Hall–Kier alpha value is -1.26. The Kier molecular flexibility index (Phi) is 3.98. The van der Waals surface area contributed by atoms with Gasteiger partial charge in [-0.2, -0.15) is 0 Å². The number of ether oxygens (including phenoxy) is 1. The Morgan fingerprint density at radius 2 is 1.80 bits per heavy atom. The summed E-state index contributed by atoms with van der Waals surface area (Å²) in [6.45, 7) is 5.92. The SMILES string of the molecule is CC(C)(C)OC(=O)N1CC2(CCCCC2)C[C@@H]1C(=O)O. The molecule has 1 saturated heterocycles. The minimum atomic E-state index is -0.918. The van der Waals surface area contributed by atoms with Crippen molar-refractivity contribution in [2.45, 2.75) is 70.9 Å². The molecule has 5 nitrogen and oxygen atoms in total. The van der Waals surface area contributed by atoms with Gasteiger partial charge in [0.25, 0.3) is 0 Å². The van der Waals surface area contributed by atoms with E-state index in [2.05, 4.69) is 0 Å². The third-order valence-electron chi connectivity index (χ3n) is 4.34. The molecule has 1 atom stereocenters. The van der Waals surface area contributed by atoms with Gasteiger partial charge in [-0.3, -0.25) is 4.90 Å². The van der Waals surface area contributed by atoms with Crippen molar-refractivity contribution in [3.05, 3.63) is 0 Å².